The number of pyridine rings is 1. The van der Waals surface area contributed by atoms with E-state index >= 15 is 0 Å². The van der Waals surface area contributed by atoms with E-state index in [0.29, 0.717) is 5.82 Å². The number of anilines is 1. The molecule has 0 radical (unpaired) electrons. The molecule has 0 bridgehead atoms. The Hall–Kier alpha value is -2.29. The fourth-order valence-electron chi connectivity index (χ4n) is 1.33. The van der Waals surface area contributed by atoms with E-state index in [1.54, 1.807) is 18.2 Å². The molecule has 0 spiro atoms. The first kappa shape index (κ1) is 10.2. The zero-order chi connectivity index (χ0) is 11.4. The van der Waals surface area contributed by atoms with Gasteiger partial charge in [0.25, 0.3) is 0 Å². The van der Waals surface area contributed by atoms with Crippen LogP contribution in [0.15, 0.2) is 42.5 Å². The highest BCUT2D eigenvalue weighted by Gasteiger charge is 1.91. The first-order chi connectivity index (χ1) is 7.74. The van der Waals surface area contributed by atoms with Crippen molar-refractivity contribution in [2.45, 2.75) is 0 Å². The number of aromatic nitrogens is 1. The van der Waals surface area contributed by atoms with Gasteiger partial charge in [0, 0.05) is 0 Å². The zero-order valence-electron chi connectivity index (χ0n) is 8.67. The van der Waals surface area contributed by atoms with Gasteiger partial charge in [-0.25, -0.2) is 4.98 Å². The van der Waals surface area contributed by atoms with Crippen molar-refractivity contribution in [3.8, 4) is 5.75 Å². The Balaban J connectivity index is 2.18. The Kier molecular flexibility index (Phi) is 2.87. The largest absolute Gasteiger partial charge is 0.508 e. The lowest BCUT2D eigenvalue weighted by Crippen LogP contribution is -1.90. The number of aromatic hydroxyl groups is 1. The molecular formula is C13H12N2O. The summed E-state index contributed by atoms with van der Waals surface area (Å²) < 4.78 is 0. The molecule has 3 nitrogen and oxygen atoms in total. The molecule has 2 rings (SSSR count). The highest BCUT2D eigenvalue weighted by atomic mass is 16.3. The van der Waals surface area contributed by atoms with Crippen LogP contribution in [0.3, 0.4) is 0 Å². The fourth-order valence-corrected chi connectivity index (χ4v) is 1.33. The lowest BCUT2D eigenvalue weighted by atomic mass is 10.2. The molecule has 0 saturated heterocycles. The predicted octanol–water partition coefficient (Wildman–Crippen LogP) is 2.54. The fraction of sp³-hybridized carbons (Fsp3) is 0. The van der Waals surface area contributed by atoms with Crippen molar-refractivity contribution >= 4 is 18.0 Å². The molecule has 0 aliphatic heterocycles. The third-order valence-corrected chi connectivity index (χ3v) is 2.13. The van der Waals surface area contributed by atoms with Crippen molar-refractivity contribution in [1.29, 1.82) is 0 Å². The molecular weight excluding hydrogens is 200 g/mol. The monoisotopic (exact) mass is 212 g/mol. The van der Waals surface area contributed by atoms with Crippen LogP contribution in [-0.4, -0.2) is 10.1 Å². The normalized spacial score (nSPS) is 10.8. The number of benzene rings is 1. The molecule has 1 heterocycles. The third kappa shape index (κ3) is 2.60. The quantitative estimate of drug-likeness (QED) is 0.804. The summed E-state index contributed by atoms with van der Waals surface area (Å²) in [4.78, 5) is 4.15. The summed E-state index contributed by atoms with van der Waals surface area (Å²) in [6.07, 6.45) is 3.80. The maximum atomic E-state index is 9.13. The minimum absolute atomic E-state index is 0.263. The molecule has 2 aromatic rings. The van der Waals surface area contributed by atoms with Crippen LogP contribution < -0.4 is 5.73 Å². The average molecular weight is 212 g/mol. The molecule has 1 aromatic carbocycles. The lowest BCUT2D eigenvalue weighted by molar-refractivity contribution is 0.475. The summed E-state index contributed by atoms with van der Waals surface area (Å²) in [7, 11) is 0. The van der Waals surface area contributed by atoms with Crippen molar-refractivity contribution in [1.82, 2.24) is 4.98 Å². The van der Waals surface area contributed by atoms with E-state index in [2.05, 4.69) is 4.98 Å². The summed E-state index contributed by atoms with van der Waals surface area (Å²) in [6.45, 7) is 0. The SMILES string of the molecule is Nc1cccc(/C=C/c2ccc(O)cc2)n1. The van der Waals surface area contributed by atoms with Crippen molar-refractivity contribution < 1.29 is 5.11 Å². The van der Waals surface area contributed by atoms with Gasteiger partial charge in [-0.05, 0) is 35.9 Å². The van der Waals surface area contributed by atoms with Crippen molar-refractivity contribution in [2.75, 3.05) is 5.73 Å². The third-order valence-electron chi connectivity index (χ3n) is 2.13. The molecule has 16 heavy (non-hydrogen) atoms. The lowest BCUT2D eigenvalue weighted by Gasteiger charge is -1.96. The van der Waals surface area contributed by atoms with E-state index in [-0.39, 0.29) is 5.75 Å². The second-order valence-electron chi connectivity index (χ2n) is 3.41. The van der Waals surface area contributed by atoms with E-state index in [0.717, 1.165) is 11.3 Å². The number of nitrogen functional groups attached to an aromatic ring is 1. The maximum absolute atomic E-state index is 9.13. The number of nitrogens with two attached hydrogens (primary N) is 1. The molecule has 0 saturated carbocycles. The van der Waals surface area contributed by atoms with Crippen LogP contribution >= 0.6 is 0 Å². The van der Waals surface area contributed by atoms with Gasteiger partial charge in [0.15, 0.2) is 0 Å². The van der Waals surface area contributed by atoms with Gasteiger partial charge in [-0.3, -0.25) is 0 Å². The van der Waals surface area contributed by atoms with Crippen molar-refractivity contribution in [2.24, 2.45) is 0 Å². The van der Waals surface area contributed by atoms with Crippen LogP contribution in [0.4, 0.5) is 5.82 Å². The molecule has 0 fully saturated rings. The minimum atomic E-state index is 0.263. The van der Waals surface area contributed by atoms with Crippen LogP contribution in [0.2, 0.25) is 0 Å². The Bertz CT molecular complexity index is 504. The minimum Gasteiger partial charge on any atom is -0.508 e. The van der Waals surface area contributed by atoms with Crippen molar-refractivity contribution in [3.05, 3.63) is 53.7 Å². The number of nitrogens with zero attached hydrogens (tertiary/aromatic N) is 1. The van der Waals surface area contributed by atoms with E-state index in [1.165, 1.54) is 0 Å². The van der Waals surface area contributed by atoms with Gasteiger partial charge in [-0.2, -0.15) is 0 Å². The second kappa shape index (κ2) is 4.49. The molecule has 0 aliphatic carbocycles. The van der Waals surface area contributed by atoms with Gasteiger partial charge in [0.05, 0.1) is 5.69 Å². The van der Waals surface area contributed by atoms with E-state index < -0.39 is 0 Å². The molecule has 3 heteroatoms. The topological polar surface area (TPSA) is 59.1 Å². The molecule has 0 amide bonds. The van der Waals surface area contributed by atoms with Crippen LogP contribution in [0.5, 0.6) is 5.75 Å². The highest BCUT2D eigenvalue weighted by molar-refractivity contribution is 5.68. The van der Waals surface area contributed by atoms with Gasteiger partial charge in [0.2, 0.25) is 0 Å². The van der Waals surface area contributed by atoms with E-state index in [9.17, 15) is 0 Å². The Morgan fingerprint density at radius 2 is 1.75 bits per heavy atom. The van der Waals surface area contributed by atoms with E-state index in [4.69, 9.17) is 10.8 Å². The van der Waals surface area contributed by atoms with Crippen LogP contribution in [-0.2, 0) is 0 Å². The van der Waals surface area contributed by atoms with Gasteiger partial charge in [0.1, 0.15) is 11.6 Å². The van der Waals surface area contributed by atoms with Crippen LogP contribution in [0, 0.1) is 0 Å². The van der Waals surface area contributed by atoms with Crippen molar-refractivity contribution in [3.63, 3.8) is 0 Å². The zero-order valence-corrected chi connectivity index (χ0v) is 8.67. The Morgan fingerprint density at radius 3 is 2.44 bits per heavy atom. The summed E-state index contributed by atoms with van der Waals surface area (Å²) >= 11 is 0. The number of hydrogen-bond donors (Lipinski definition) is 2. The molecule has 1 aromatic heterocycles. The summed E-state index contributed by atoms with van der Waals surface area (Å²) in [5.74, 6) is 0.770. The molecule has 3 N–H and O–H groups in total. The Morgan fingerprint density at radius 1 is 1.00 bits per heavy atom. The van der Waals surface area contributed by atoms with E-state index in [1.807, 2.05) is 36.4 Å². The highest BCUT2D eigenvalue weighted by Crippen LogP contribution is 2.12. The molecule has 0 atom stereocenters. The second-order valence-corrected chi connectivity index (χ2v) is 3.41. The number of phenolic OH excluding ortho intramolecular Hbond substituents is 1. The smallest absolute Gasteiger partial charge is 0.124 e. The molecule has 0 unspecified atom stereocenters. The first-order valence-electron chi connectivity index (χ1n) is 4.94. The summed E-state index contributed by atoms with van der Waals surface area (Å²) in [6, 6.07) is 12.4. The first-order valence-corrected chi connectivity index (χ1v) is 4.94. The van der Waals surface area contributed by atoms with Crippen LogP contribution in [0.1, 0.15) is 11.3 Å². The maximum Gasteiger partial charge on any atom is 0.124 e. The Labute approximate surface area is 93.9 Å². The van der Waals surface area contributed by atoms with Gasteiger partial charge in [-0.1, -0.05) is 24.3 Å². The summed E-state index contributed by atoms with van der Waals surface area (Å²) in [5.41, 5.74) is 7.38. The van der Waals surface area contributed by atoms with Gasteiger partial charge >= 0.3 is 0 Å². The standard InChI is InChI=1S/C13H12N2O/c14-13-3-1-2-11(15-13)7-4-10-5-8-12(16)9-6-10/h1-9,16H,(H2,14,15)/b7-4+. The summed E-state index contributed by atoms with van der Waals surface area (Å²) in [5, 5.41) is 9.13. The molecule has 0 aliphatic rings. The average Bonchev–Trinajstić information content (AvgIpc) is 2.28. The number of rotatable bonds is 2. The number of phenols is 1. The predicted molar refractivity (Wildman–Crippen MR) is 65.7 cm³/mol. The van der Waals surface area contributed by atoms with Gasteiger partial charge < -0.3 is 10.8 Å². The molecule has 80 valence electrons. The van der Waals surface area contributed by atoms with Gasteiger partial charge in [-0.15, -0.1) is 0 Å². The number of hydrogen-bond acceptors (Lipinski definition) is 3. The van der Waals surface area contributed by atoms with Crippen LogP contribution in [0.25, 0.3) is 12.2 Å².